The van der Waals surface area contributed by atoms with Gasteiger partial charge in [-0.1, -0.05) is 63.6 Å². The van der Waals surface area contributed by atoms with Crippen LogP contribution < -0.4 is 5.32 Å². The molecule has 1 aromatic carbocycles. The Morgan fingerprint density at radius 1 is 1.13 bits per heavy atom. The van der Waals surface area contributed by atoms with Crippen LogP contribution in [0.2, 0.25) is 0 Å². The fourth-order valence-electron chi connectivity index (χ4n) is 4.05. The number of benzene rings is 1. The molecule has 1 N–H and O–H groups in total. The van der Waals surface area contributed by atoms with E-state index in [-0.39, 0.29) is 17.7 Å². The highest BCUT2D eigenvalue weighted by Crippen LogP contribution is 2.41. The maximum Gasteiger partial charge on any atom is 0.407 e. The Morgan fingerprint density at radius 3 is 2.42 bits per heavy atom. The Labute approximate surface area is 188 Å². The van der Waals surface area contributed by atoms with Crippen LogP contribution in [-0.2, 0) is 4.74 Å². The average Bonchev–Trinajstić information content (AvgIpc) is 2.64. The summed E-state index contributed by atoms with van der Waals surface area (Å²) in [5.41, 5.74) is 3.37. The van der Waals surface area contributed by atoms with Crippen molar-refractivity contribution < 1.29 is 14.3 Å². The predicted octanol–water partition coefficient (Wildman–Crippen LogP) is 6.96. The zero-order valence-corrected chi connectivity index (χ0v) is 20.5. The second kappa shape index (κ2) is 9.42. The minimum atomic E-state index is -0.746. The van der Waals surface area contributed by atoms with Gasteiger partial charge in [-0.25, -0.2) is 4.79 Å². The first kappa shape index (κ1) is 24.9. The van der Waals surface area contributed by atoms with E-state index >= 15 is 0 Å². The van der Waals surface area contributed by atoms with Crippen molar-refractivity contribution in [3.63, 3.8) is 0 Å². The van der Waals surface area contributed by atoms with Crippen LogP contribution in [0, 0.1) is 10.8 Å². The number of nitrogens with one attached hydrogen (secondary N) is 1. The number of Topliss-reactive ketones (excluding diaryl/α,β-unsaturated/α-hetero) is 1. The van der Waals surface area contributed by atoms with Gasteiger partial charge in [0.25, 0.3) is 0 Å². The molecule has 0 saturated heterocycles. The fraction of sp³-hybridized carbons (Fsp3) is 0.556. The van der Waals surface area contributed by atoms with Crippen LogP contribution in [0.4, 0.5) is 4.79 Å². The van der Waals surface area contributed by atoms with Crippen LogP contribution >= 0.6 is 0 Å². The van der Waals surface area contributed by atoms with Crippen molar-refractivity contribution >= 4 is 18.0 Å². The van der Waals surface area contributed by atoms with E-state index in [9.17, 15) is 9.59 Å². The smallest absolute Gasteiger partial charge is 0.407 e. The lowest BCUT2D eigenvalue weighted by Crippen LogP contribution is -2.41. The molecule has 0 bridgehead atoms. The Hall–Kier alpha value is -2.36. The molecule has 0 aliphatic heterocycles. The van der Waals surface area contributed by atoms with Crippen LogP contribution in [0.5, 0.6) is 0 Å². The Morgan fingerprint density at radius 2 is 1.81 bits per heavy atom. The third kappa shape index (κ3) is 7.09. The summed E-state index contributed by atoms with van der Waals surface area (Å²) in [6, 6.07) is 7.70. The molecule has 31 heavy (non-hydrogen) atoms. The van der Waals surface area contributed by atoms with Crippen molar-refractivity contribution in [3.05, 3.63) is 52.6 Å². The Bertz CT molecular complexity index is 882. The second-order valence-electron chi connectivity index (χ2n) is 11.0. The largest absolute Gasteiger partial charge is 0.444 e. The molecule has 4 nitrogen and oxygen atoms in total. The maximum atomic E-state index is 13.2. The lowest BCUT2D eigenvalue weighted by atomic mass is 9.72. The molecule has 0 radical (unpaired) electrons. The molecule has 1 aromatic rings. The summed E-state index contributed by atoms with van der Waals surface area (Å²) in [5, 5.41) is 2.72. The highest BCUT2D eigenvalue weighted by atomic mass is 16.6. The molecular weight excluding hydrogens is 386 g/mol. The molecule has 0 heterocycles. The number of ether oxygens (including phenoxy) is 1. The fourth-order valence-corrected chi connectivity index (χ4v) is 4.05. The van der Waals surface area contributed by atoms with E-state index in [4.69, 9.17) is 4.74 Å². The van der Waals surface area contributed by atoms with Crippen LogP contribution in [0.15, 0.2) is 41.5 Å². The molecule has 1 aliphatic rings. The maximum absolute atomic E-state index is 13.2. The number of allylic oxidation sites excluding steroid dienone is 3. The molecule has 0 atom stereocenters. The lowest BCUT2D eigenvalue weighted by Gasteiger charge is -2.32. The van der Waals surface area contributed by atoms with Gasteiger partial charge in [-0.2, -0.15) is 0 Å². The summed E-state index contributed by atoms with van der Waals surface area (Å²) in [7, 11) is 0. The van der Waals surface area contributed by atoms with E-state index in [0.29, 0.717) is 5.56 Å². The minimum Gasteiger partial charge on any atom is -0.444 e. The number of carbonyl (C=O) groups is 2. The molecule has 1 amide bonds. The first-order valence-corrected chi connectivity index (χ1v) is 11.2. The minimum absolute atomic E-state index is 0.00722. The number of ketones is 1. The third-order valence-corrected chi connectivity index (χ3v) is 5.82. The number of alkyl carbamates (subject to hydrolysis) is 1. The Kier molecular flexibility index (Phi) is 7.57. The predicted molar refractivity (Wildman–Crippen MR) is 128 cm³/mol. The summed E-state index contributed by atoms with van der Waals surface area (Å²) in [6.07, 6.45) is 7.40. The first-order chi connectivity index (χ1) is 14.2. The SMILES string of the molecule is CC1=C(/C=C/c2cccc(C(=O)C(C)(C)CNC(=O)OC(C)(C)C)c2)C(C)(C)CCC1. The normalized spacial score (nSPS) is 17.0. The monoisotopic (exact) mass is 425 g/mol. The standard InChI is InChI=1S/C27H39NO3/c1-19-11-10-16-26(5,6)22(19)15-14-20-12-9-13-21(17-20)23(29)27(7,8)18-28-24(30)31-25(2,3)4/h9,12-15,17H,10-11,16,18H2,1-8H3,(H,28,30)/b15-14+. The van der Waals surface area contributed by atoms with Crippen molar-refractivity contribution in [1.82, 2.24) is 5.32 Å². The zero-order valence-electron chi connectivity index (χ0n) is 20.5. The van der Waals surface area contributed by atoms with Gasteiger partial charge in [0, 0.05) is 17.5 Å². The van der Waals surface area contributed by atoms with Gasteiger partial charge < -0.3 is 10.1 Å². The van der Waals surface area contributed by atoms with Crippen molar-refractivity contribution in [3.8, 4) is 0 Å². The van der Waals surface area contributed by atoms with Crippen LogP contribution in [0.3, 0.4) is 0 Å². The molecule has 2 rings (SSSR count). The molecular formula is C27H39NO3. The van der Waals surface area contributed by atoms with E-state index < -0.39 is 17.1 Å². The summed E-state index contributed by atoms with van der Waals surface area (Å²) in [4.78, 5) is 25.1. The zero-order chi connectivity index (χ0) is 23.4. The quantitative estimate of drug-likeness (QED) is 0.501. The van der Waals surface area contributed by atoms with Gasteiger partial charge in [0.2, 0.25) is 0 Å². The van der Waals surface area contributed by atoms with E-state index in [1.54, 1.807) is 0 Å². The molecule has 0 spiro atoms. The highest BCUT2D eigenvalue weighted by Gasteiger charge is 2.30. The summed E-state index contributed by atoms with van der Waals surface area (Å²) in [5.74, 6) is -0.00722. The first-order valence-electron chi connectivity index (χ1n) is 11.2. The van der Waals surface area contributed by atoms with E-state index in [1.807, 2.05) is 58.9 Å². The van der Waals surface area contributed by atoms with Gasteiger partial charge in [-0.3, -0.25) is 4.79 Å². The number of amides is 1. The van der Waals surface area contributed by atoms with Crippen LogP contribution in [0.25, 0.3) is 6.08 Å². The van der Waals surface area contributed by atoms with Gasteiger partial charge >= 0.3 is 6.09 Å². The van der Waals surface area contributed by atoms with Gasteiger partial charge in [-0.05, 0) is 69.6 Å². The van der Waals surface area contributed by atoms with E-state index in [1.165, 1.54) is 24.0 Å². The Balaban J connectivity index is 2.13. The summed E-state index contributed by atoms with van der Waals surface area (Å²) >= 11 is 0. The molecule has 4 heteroatoms. The molecule has 1 aliphatic carbocycles. The number of hydrogen-bond donors (Lipinski definition) is 1. The molecule has 0 saturated carbocycles. The third-order valence-electron chi connectivity index (χ3n) is 5.82. The van der Waals surface area contributed by atoms with Crippen LogP contribution in [-0.4, -0.2) is 24.0 Å². The van der Waals surface area contributed by atoms with Crippen molar-refractivity contribution in [1.29, 1.82) is 0 Å². The van der Waals surface area contributed by atoms with Gasteiger partial charge in [0.05, 0.1) is 0 Å². The average molecular weight is 426 g/mol. The van der Waals surface area contributed by atoms with Gasteiger partial charge in [0.15, 0.2) is 5.78 Å². The van der Waals surface area contributed by atoms with Crippen molar-refractivity contribution in [2.24, 2.45) is 10.8 Å². The van der Waals surface area contributed by atoms with Gasteiger partial charge in [-0.15, -0.1) is 0 Å². The topological polar surface area (TPSA) is 55.4 Å². The molecule has 170 valence electrons. The number of carbonyl (C=O) groups excluding carboxylic acids is 2. The molecule has 0 aromatic heterocycles. The van der Waals surface area contributed by atoms with Crippen molar-refractivity contribution in [2.75, 3.05) is 6.54 Å². The van der Waals surface area contributed by atoms with Gasteiger partial charge in [0.1, 0.15) is 5.60 Å². The van der Waals surface area contributed by atoms with Crippen LogP contribution in [0.1, 0.15) is 90.6 Å². The lowest BCUT2D eigenvalue weighted by molar-refractivity contribution is 0.0503. The number of hydrogen-bond acceptors (Lipinski definition) is 3. The second-order valence-corrected chi connectivity index (χ2v) is 11.0. The van der Waals surface area contributed by atoms with E-state index in [0.717, 1.165) is 12.0 Å². The molecule has 0 fully saturated rings. The summed E-state index contributed by atoms with van der Waals surface area (Å²) in [6.45, 7) is 16.2. The highest BCUT2D eigenvalue weighted by molar-refractivity contribution is 6.00. The van der Waals surface area contributed by atoms with E-state index in [2.05, 4.69) is 38.2 Å². The molecule has 0 unspecified atom stereocenters. The summed E-state index contributed by atoms with van der Waals surface area (Å²) < 4.78 is 5.28. The number of rotatable bonds is 6. The van der Waals surface area contributed by atoms with Crippen molar-refractivity contribution in [2.45, 2.75) is 80.3 Å².